The van der Waals surface area contributed by atoms with Crippen LogP contribution in [-0.4, -0.2) is 28.6 Å². The molecule has 1 aliphatic rings. The number of hydrogen-bond donors (Lipinski definition) is 1. The van der Waals surface area contributed by atoms with Crippen LogP contribution in [-0.2, 0) is 9.59 Å². The van der Waals surface area contributed by atoms with Crippen molar-refractivity contribution in [2.75, 3.05) is 11.5 Å². The lowest BCUT2D eigenvalue weighted by molar-refractivity contribution is -0.132. The number of carbonyl (C=O) groups is 2. The summed E-state index contributed by atoms with van der Waals surface area (Å²) < 4.78 is 11.5. The fourth-order valence-corrected chi connectivity index (χ4v) is 4.03. The zero-order valence-electron chi connectivity index (χ0n) is 17.5. The maximum absolute atomic E-state index is 13.1. The topological polar surface area (TPSA) is 92.9 Å². The van der Waals surface area contributed by atoms with Crippen molar-refractivity contribution in [2.45, 2.75) is 26.3 Å². The number of carbonyl (C=O) groups excluding carboxylic acids is 2. The second kappa shape index (κ2) is 9.00. The number of aryl methyl sites for hydroxylation is 1. The molecule has 1 aromatic heterocycles. The fraction of sp³-hybridized carbons (Fsp3) is 0.208. The maximum Gasteiger partial charge on any atom is 0.301 e. The third kappa shape index (κ3) is 4.05. The molecule has 0 radical (unpaired) electrons. The molecule has 2 heterocycles. The Bertz CT molecular complexity index is 1200. The summed E-state index contributed by atoms with van der Waals surface area (Å²) in [5.74, 6) is -0.481. The molecule has 8 heteroatoms. The summed E-state index contributed by atoms with van der Waals surface area (Å²) in [4.78, 5) is 27.4. The Balaban J connectivity index is 1.84. The van der Waals surface area contributed by atoms with E-state index in [2.05, 4.69) is 21.1 Å². The number of ether oxygens (including phenoxy) is 1. The van der Waals surface area contributed by atoms with Gasteiger partial charge in [-0.2, -0.15) is 0 Å². The minimum absolute atomic E-state index is 0.0176. The van der Waals surface area contributed by atoms with Crippen LogP contribution < -0.4 is 9.64 Å². The number of benzene rings is 2. The van der Waals surface area contributed by atoms with Crippen molar-refractivity contribution in [1.29, 1.82) is 0 Å². The number of aliphatic hydroxyl groups excluding tert-OH is 1. The van der Waals surface area contributed by atoms with Crippen LogP contribution in [0.25, 0.3) is 5.76 Å². The first kappa shape index (κ1) is 21.8. The summed E-state index contributed by atoms with van der Waals surface area (Å²) >= 11 is 3.44. The van der Waals surface area contributed by atoms with Crippen LogP contribution in [0.1, 0.15) is 36.3 Å². The first-order valence-corrected chi connectivity index (χ1v) is 10.9. The first-order chi connectivity index (χ1) is 15.4. The Morgan fingerprint density at radius 2 is 1.94 bits per heavy atom. The van der Waals surface area contributed by atoms with Crippen molar-refractivity contribution in [2.24, 2.45) is 0 Å². The van der Waals surface area contributed by atoms with Gasteiger partial charge in [0.25, 0.3) is 5.78 Å². The number of amides is 1. The normalized spacial score (nSPS) is 17.7. The Morgan fingerprint density at radius 3 is 2.56 bits per heavy atom. The molecule has 1 aliphatic heterocycles. The van der Waals surface area contributed by atoms with Crippen LogP contribution in [0, 0.1) is 6.92 Å². The Morgan fingerprint density at radius 1 is 1.19 bits per heavy atom. The number of hydrogen-bond acceptors (Lipinski definition) is 6. The van der Waals surface area contributed by atoms with Gasteiger partial charge in [0.1, 0.15) is 17.3 Å². The average molecular weight is 497 g/mol. The van der Waals surface area contributed by atoms with Crippen molar-refractivity contribution in [3.63, 3.8) is 0 Å². The van der Waals surface area contributed by atoms with E-state index in [0.29, 0.717) is 29.2 Å². The van der Waals surface area contributed by atoms with Gasteiger partial charge < -0.3 is 14.4 Å². The van der Waals surface area contributed by atoms with Crippen LogP contribution in [0.3, 0.4) is 0 Å². The Kier molecular flexibility index (Phi) is 6.14. The second-order valence-corrected chi connectivity index (χ2v) is 8.31. The molecule has 164 valence electrons. The molecule has 1 amide bonds. The van der Waals surface area contributed by atoms with Crippen molar-refractivity contribution >= 4 is 39.2 Å². The van der Waals surface area contributed by atoms with Gasteiger partial charge in [0.2, 0.25) is 0 Å². The highest BCUT2D eigenvalue weighted by Crippen LogP contribution is 2.42. The van der Waals surface area contributed by atoms with Crippen molar-refractivity contribution in [1.82, 2.24) is 5.16 Å². The first-order valence-electron chi connectivity index (χ1n) is 10.1. The zero-order chi connectivity index (χ0) is 22.8. The smallest absolute Gasteiger partial charge is 0.301 e. The van der Waals surface area contributed by atoms with Gasteiger partial charge in [-0.1, -0.05) is 40.1 Å². The van der Waals surface area contributed by atoms with Crippen LogP contribution in [0.4, 0.5) is 5.82 Å². The number of halogens is 1. The van der Waals surface area contributed by atoms with E-state index < -0.39 is 17.7 Å². The van der Waals surface area contributed by atoms with Gasteiger partial charge in [-0.05, 0) is 55.3 Å². The van der Waals surface area contributed by atoms with E-state index in [4.69, 9.17) is 9.26 Å². The summed E-state index contributed by atoms with van der Waals surface area (Å²) in [6, 6.07) is 14.7. The summed E-state index contributed by atoms with van der Waals surface area (Å²) in [6.45, 7) is 4.29. The number of aromatic nitrogens is 1. The average Bonchev–Trinajstić information content (AvgIpc) is 3.33. The molecule has 1 saturated heterocycles. The summed E-state index contributed by atoms with van der Waals surface area (Å²) in [5, 5.41) is 15.1. The quantitative estimate of drug-likeness (QED) is 0.287. The van der Waals surface area contributed by atoms with Gasteiger partial charge in [0, 0.05) is 16.1 Å². The van der Waals surface area contributed by atoms with Crippen LogP contribution in [0.2, 0.25) is 0 Å². The molecule has 4 rings (SSSR count). The van der Waals surface area contributed by atoms with Gasteiger partial charge >= 0.3 is 5.91 Å². The Labute approximate surface area is 193 Å². The molecule has 7 nitrogen and oxygen atoms in total. The number of anilines is 1. The lowest BCUT2D eigenvalue weighted by Crippen LogP contribution is -2.29. The van der Waals surface area contributed by atoms with E-state index in [1.807, 2.05) is 13.0 Å². The van der Waals surface area contributed by atoms with E-state index in [1.165, 1.54) is 4.90 Å². The largest absolute Gasteiger partial charge is 0.507 e. The van der Waals surface area contributed by atoms with Crippen molar-refractivity contribution in [3.05, 3.63) is 81.5 Å². The third-order valence-corrected chi connectivity index (χ3v) is 5.57. The van der Waals surface area contributed by atoms with Gasteiger partial charge in [-0.3, -0.25) is 14.5 Å². The molecule has 2 aromatic carbocycles. The van der Waals surface area contributed by atoms with Crippen LogP contribution >= 0.6 is 15.9 Å². The van der Waals surface area contributed by atoms with Gasteiger partial charge in [-0.25, -0.2) is 0 Å². The van der Waals surface area contributed by atoms with Crippen LogP contribution in [0.15, 0.2) is 69.2 Å². The molecule has 3 aromatic rings. The van der Waals surface area contributed by atoms with E-state index in [-0.39, 0.29) is 17.2 Å². The molecular weight excluding hydrogens is 476 g/mol. The fourth-order valence-electron chi connectivity index (χ4n) is 3.61. The SMILES string of the molecule is CCCOc1ccc(C(O)=C2C(=O)C(=O)N(c3cc(C)on3)[C@@H]2c2cccc(Br)c2)cc1. The second-order valence-electron chi connectivity index (χ2n) is 7.39. The molecule has 0 unspecified atom stereocenters. The highest BCUT2D eigenvalue weighted by molar-refractivity contribution is 9.10. The van der Waals surface area contributed by atoms with Crippen molar-refractivity contribution < 1.29 is 24.0 Å². The molecule has 1 N–H and O–H groups in total. The summed E-state index contributed by atoms with van der Waals surface area (Å²) in [6.07, 6.45) is 0.874. The highest BCUT2D eigenvalue weighted by atomic mass is 79.9. The molecule has 1 fully saturated rings. The minimum Gasteiger partial charge on any atom is -0.507 e. The summed E-state index contributed by atoms with van der Waals surface area (Å²) in [7, 11) is 0. The van der Waals surface area contributed by atoms with Gasteiger partial charge in [-0.15, -0.1) is 0 Å². The van der Waals surface area contributed by atoms with Gasteiger partial charge in [0.15, 0.2) is 5.82 Å². The number of nitrogens with zero attached hydrogens (tertiary/aromatic N) is 2. The number of aliphatic hydroxyl groups is 1. The lowest BCUT2D eigenvalue weighted by atomic mass is 9.95. The van der Waals surface area contributed by atoms with Crippen molar-refractivity contribution in [3.8, 4) is 5.75 Å². The molecule has 1 atom stereocenters. The van der Waals surface area contributed by atoms with E-state index in [0.717, 1.165) is 10.9 Å². The highest BCUT2D eigenvalue weighted by Gasteiger charge is 2.48. The monoisotopic (exact) mass is 496 g/mol. The van der Waals surface area contributed by atoms with E-state index >= 15 is 0 Å². The number of rotatable bonds is 6. The molecule has 32 heavy (non-hydrogen) atoms. The molecule has 0 spiro atoms. The minimum atomic E-state index is -0.868. The molecule has 0 bridgehead atoms. The van der Waals surface area contributed by atoms with E-state index in [9.17, 15) is 14.7 Å². The Hall–Kier alpha value is -3.39. The summed E-state index contributed by atoms with van der Waals surface area (Å²) in [5.41, 5.74) is 1.03. The molecule has 0 aliphatic carbocycles. The van der Waals surface area contributed by atoms with E-state index in [1.54, 1.807) is 55.5 Å². The van der Waals surface area contributed by atoms with Crippen LogP contribution in [0.5, 0.6) is 5.75 Å². The zero-order valence-corrected chi connectivity index (χ0v) is 19.1. The third-order valence-electron chi connectivity index (χ3n) is 5.07. The number of Topliss-reactive ketones (excluding diaryl/α,β-unsaturated/α-hetero) is 1. The predicted molar refractivity (Wildman–Crippen MR) is 122 cm³/mol. The predicted octanol–water partition coefficient (Wildman–Crippen LogP) is 5.16. The lowest BCUT2D eigenvalue weighted by Gasteiger charge is -2.23. The standard InChI is InChI=1S/C24H21BrN2O5/c1-3-11-31-18-9-7-15(8-10-18)22(28)20-21(16-5-4-6-17(25)13-16)27(24(30)23(20)29)19-12-14(2)32-26-19/h4-10,12-13,21,28H,3,11H2,1-2H3/t21-/m1/s1. The van der Waals surface area contributed by atoms with Gasteiger partial charge in [0.05, 0.1) is 18.2 Å². The molecular formula is C24H21BrN2O5. The number of ketones is 1. The maximum atomic E-state index is 13.1. The molecule has 0 saturated carbocycles.